The molecule has 18 heavy (non-hydrogen) atoms. The third-order valence-corrected chi connectivity index (χ3v) is 2.91. The quantitative estimate of drug-likeness (QED) is 0.306. The van der Waals surface area contributed by atoms with Crippen LogP contribution in [0.4, 0.5) is 32.0 Å². The third kappa shape index (κ3) is 1.85. The molecule has 1 aliphatic heterocycles. The molecular weight excluding hydrogens is 264 g/mol. The number of hydroxylamine groups is 2. The van der Waals surface area contributed by atoms with E-state index in [1.165, 1.54) is 0 Å². The highest BCUT2D eigenvalue weighted by molar-refractivity contribution is 5.58. The summed E-state index contributed by atoms with van der Waals surface area (Å²) in [4.78, 5) is 0. The number of rotatable bonds is 0. The first-order chi connectivity index (χ1) is 8.06. The Morgan fingerprint density at radius 1 is 1.06 bits per heavy atom. The number of fused-ring (bicyclic) bond motifs is 1. The highest BCUT2D eigenvalue weighted by Crippen LogP contribution is 2.45. The van der Waals surface area contributed by atoms with Crippen LogP contribution in [-0.2, 0) is 12.6 Å². The average molecular weight is 271 g/mol. The minimum absolute atomic E-state index is 0.00956. The van der Waals surface area contributed by atoms with Crippen molar-refractivity contribution in [3.05, 3.63) is 34.5 Å². The fourth-order valence-electron chi connectivity index (χ4n) is 1.95. The Hall–Kier alpha value is -1.28. The highest BCUT2D eigenvalue weighted by atomic mass is 19.4. The van der Waals surface area contributed by atoms with Crippen LogP contribution >= 0.6 is 0 Å². The van der Waals surface area contributed by atoms with Crippen LogP contribution in [0.2, 0.25) is 0 Å². The van der Waals surface area contributed by atoms with Gasteiger partial charge in [0.25, 0.3) is 0 Å². The van der Waals surface area contributed by atoms with E-state index in [9.17, 15) is 31.5 Å². The SMILES string of the molecule is [O-][N+]1(C(F)(F)F)CCc2ccc(C(F)(F)F)cc21. The Kier molecular flexibility index (Phi) is 2.64. The van der Waals surface area contributed by atoms with Gasteiger partial charge in [0.15, 0.2) is 0 Å². The second kappa shape index (κ2) is 3.61. The van der Waals surface area contributed by atoms with E-state index in [-0.39, 0.29) is 12.0 Å². The smallest absolute Gasteiger partial charge is 0.565 e. The molecule has 1 aromatic carbocycles. The zero-order valence-corrected chi connectivity index (χ0v) is 8.77. The van der Waals surface area contributed by atoms with Crippen molar-refractivity contribution in [2.45, 2.75) is 18.9 Å². The number of quaternary nitrogens is 1. The Labute approximate surface area is 97.6 Å². The number of hydrogen-bond acceptors (Lipinski definition) is 1. The third-order valence-electron chi connectivity index (χ3n) is 2.91. The predicted octanol–water partition coefficient (Wildman–Crippen LogP) is 3.59. The molecule has 0 bridgehead atoms. The van der Waals surface area contributed by atoms with E-state index in [0.717, 1.165) is 6.07 Å². The Morgan fingerprint density at radius 3 is 2.17 bits per heavy atom. The largest absolute Gasteiger partial charge is 0.621 e. The van der Waals surface area contributed by atoms with Crippen molar-refractivity contribution in [2.24, 2.45) is 0 Å². The Bertz CT molecular complexity index is 480. The van der Waals surface area contributed by atoms with E-state index in [0.29, 0.717) is 12.1 Å². The van der Waals surface area contributed by atoms with Crippen LogP contribution in [0.1, 0.15) is 11.1 Å². The molecule has 8 heteroatoms. The maximum Gasteiger partial charge on any atom is 0.565 e. The van der Waals surface area contributed by atoms with Gasteiger partial charge in [-0.2, -0.15) is 13.2 Å². The van der Waals surface area contributed by atoms with Gasteiger partial charge < -0.3 is 5.21 Å². The molecule has 0 fully saturated rings. The molecule has 1 atom stereocenters. The van der Waals surface area contributed by atoms with E-state index in [1.54, 1.807) is 0 Å². The van der Waals surface area contributed by atoms with E-state index < -0.39 is 34.9 Å². The number of benzene rings is 1. The van der Waals surface area contributed by atoms with Crippen LogP contribution in [0.15, 0.2) is 18.2 Å². The Morgan fingerprint density at radius 2 is 1.67 bits per heavy atom. The zero-order chi connectivity index (χ0) is 13.8. The molecule has 100 valence electrons. The molecule has 0 spiro atoms. The number of nitrogens with zero attached hydrogens (tertiary/aromatic N) is 1. The van der Waals surface area contributed by atoms with Crippen molar-refractivity contribution in [2.75, 3.05) is 6.54 Å². The molecule has 0 aliphatic carbocycles. The first-order valence-corrected chi connectivity index (χ1v) is 4.92. The molecule has 0 amide bonds. The summed E-state index contributed by atoms with van der Waals surface area (Å²) in [5, 5.41) is 11.7. The molecule has 1 aromatic rings. The van der Waals surface area contributed by atoms with Gasteiger partial charge in [-0.15, -0.1) is 13.2 Å². The molecule has 0 saturated carbocycles. The summed E-state index contributed by atoms with van der Waals surface area (Å²) < 4.78 is 72.4. The van der Waals surface area contributed by atoms with Crippen LogP contribution in [0.5, 0.6) is 0 Å². The fourth-order valence-corrected chi connectivity index (χ4v) is 1.95. The maximum atomic E-state index is 12.6. The van der Waals surface area contributed by atoms with Gasteiger partial charge in [0.05, 0.1) is 12.1 Å². The van der Waals surface area contributed by atoms with Gasteiger partial charge in [-0.3, -0.25) is 0 Å². The summed E-state index contributed by atoms with van der Waals surface area (Å²) in [5.41, 5.74) is -2.10. The molecule has 0 saturated heterocycles. The molecule has 2 rings (SSSR count). The van der Waals surface area contributed by atoms with E-state index in [2.05, 4.69) is 0 Å². The Balaban J connectivity index is 2.56. The lowest BCUT2D eigenvalue weighted by Gasteiger charge is -2.38. The lowest BCUT2D eigenvalue weighted by atomic mass is 10.1. The van der Waals surface area contributed by atoms with Gasteiger partial charge in [0, 0.05) is 18.1 Å². The second-order valence-corrected chi connectivity index (χ2v) is 4.02. The zero-order valence-electron chi connectivity index (χ0n) is 8.77. The van der Waals surface area contributed by atoms with Crippen molar-refractivity contribution in [1.29, 1.82) is 0 Å². The van der Waals surface area contributed by atoms with Gasteiger partial charge in [0.1, 0.15) is 5.69 Å². The van der Waals surface area contributed by atoms with Gasteiger partial charge >= 0.3 is 12.5 Å². The van der Waals surface area contributed by atoms with E-state index >= 15 is 0 Å². The van der Waals surface area contributed by atoms with Crippen LogP contribution in [0.25, 0.3) is 0 Å². The normalized spacial score (nSPS) is 24.2. The average Bonchev–Trinajstić information content (AvgIpc) is 2.55. The molecule has 1 heterocycles. The number of halogens is 6. The second-order valence-electron chi connectivity index (χ2n) is 4.02. The van der Waals surface area contributed by atoms with Crippen molar-refractivity contribution in [3.8, 4) is 0 Å². The lowest BCUT2D eigenvalue weighted by Crippen LogP contribution is -2.53. The van der Waals surface area contributed by atoms with Gasteiger partial charge in [-0.1, -0.05) is 6.07 Å². The van der Waals surface area contributed by atoms with E-state index in [1.807, 2.05) is 0 Å². The highest BCUT2D eigenvalue weighted by Gasteiger charge is 2.54. The number of hydrogen-bond donors (Lipinski definition) is 0. The van der Waals surface area contributed by atoms with Crippen LogP contribution in [0, 0.1) is 5.21 Å². The summed E-state index contributed by atoms with van der Waals surface area (Å²) in [7, 11) is 0. The van der Waals surface area contributed by atoms with Crippen LogP contribution in [-0.4, -0.2) is 12.8 Å². The van der Waals surface area contributed by atoms with E-state index in [4.69, 9.17) is 0 Å². The summed E-state index contributed by atoms with van der Waals surface area (Å²) >= 11 is 0. The molecule has 0 aromatic heterocycles. The lowest BCUT2D eigenvalue weighted by molar-refractivity contribution is -0.218. The summed E-state index contributed by atoms with van der Waals surface area (Å²) in [6.07, 6.45) is -10.1. The molecular formula is C10H7F6NO. The molecule has 0 N–H and O–H groups in total. The number of alkyl halides is 6. The first-order valence-electron chi connectivity index (χ1n) is 4.92. The minimum atomic E-state index is -5.16. The molecule has 1 aliphatic rings. The van der Waals surface area contributed by atoms with Crippen LogP contribution in [0.3, 0.4) is 0 Å². The summed E-state index contributed by atoms with van der Waals surface area (Å²) in [5.74, 6) is 0. The maximum absolute atomic E-state index is 12.6. The monoisotopic (exact) mass is 271 g/mol. The fraction of sp³-hybridized carbons (Fsp3) is 0.400. The standard InChI is InChI=1S/C10H7F6NO/c11-9(12,13)7-2-1-6-3-4-17(18,8(6)5-7)10(14,15)16/h1-2,5H,3-4H2. The van der Waals surface area contributed by atoms with Gasteiger partial charge in [-0.25, -0.2) is 4.65 Å². The predicted molar refractivity (Wildman–Crippen MR) is 51.2 cm³/mol. The molecule has 0 radical (unpaired) electrons. The topological polar surface area (TPSA) is 23.1 Å². The molecule has 1 unspecified atom stereocenters. The minimum Gasteiger partial charge on any atom is -0.621 e. The first kappa shape index (κ1) is 13.2. The van der Waals surface area contributed by atoms with Gasteiger partial charge in [-0.05, 0) is 6.07 Å². The van der Waals surface area contributed by atoms with Crippen molar-refractivity contribution >= 4 is 5.69 Å². The summed E-state index contributed by atoms with van der Waals surface area (Å²) in [6.45, 7) is -0.819. The molecule has 2 nitrogen and oxygen atoms in total. The van der Waals surface area contributed by atoms with Crippen molar-refractivity contribution < 1.29 is 26.3 Å². The van der Waals surface area contributed by atoms with Crippen LogP contribution < -0.4 is 4.65 Å². The van der Waals surface area contributed by atoms with Crippen molar-refractivity contribution in [3.63, 3.8) is 0 Å². The van der Waals surface area contributed by atoms with Gasteiger partial charge in [0.2, 0.25) is 0 Å². The summed E-state index contributed by atoms with van der Waals surface area (Å²) in [6, 6.07) is 1.91. The van der Waals surface area contributed by atoms with Crippen molar-refractivity contribution in [1.82, 2.24) is 4.65 Å².